The Labute approximate surface area is 205 Å². The molecule has 0 spiro atoms. The molecule has 1 saturated heterocycles. The minimum absolute atomic E-state index is 0.00591. The highest BCUT2D eigenvalue weighted by atomic mass is 32.2. The number of ether oxygens (including phenoxy) is 1. The van der Waals surface area contributed by atoms with Crippen LogP contribution in [0.5, 0.6) is 5.75 Å². The van der Waals surface area contributed by atoms with Gasteiger partial charge in [-0.3, -0.25) is 14.4 Å². The number of nitrogens with zero attached hydrogens (tertiary/aromatic N) is 2. The molecular weight excluding hydrogens is 470 g/mol. The molecule has 35 heavy (non-hydrogen) atoms. The van der Waals surface area contributed by atoms with Gasteiger partial charge in [-0.2, -0.15) is 0 Å². The molecule has 0 bridgehead atoms. The summed E-state index contributed by atoms with van der Waals surface area (Å²) in [6, 6.07) is 11.7. The van der Waals surface area contributed by atoms with E-state index in [4.69, 9.17) is 9.88 Å². The van der Waals surface area contributed by atoms with Crippen molar-refractivity contribution >= 4 is 33.4 Å². The van der Waals surface area contributed by atoms with Crippen LogP contribution in [0.3, 0.4) is 0 Å². The summed E-state index contributed by atoms with van der Waals surface area (Å²) in [5.41, 5.74) is 0.883. The monoisotopic (exact) mass is 501 g/mol. The fourth-order valence-electron chi connectivity index (χ4n) is 3.97. The number of methoxy groups -OCH3 is 1. The van der Waals surface area contributed by atoms with Gasteiger partial charge in [-0.05, 0) is 53.8 Å². The third kappa shape index (κ3) is 6.46. The molecule has 9 nitrogen and oxygen atoms in total. The minimum Gasteiger partial charge on any atom is -0.497 e. The van der Waals surface area contributed by atoms with Gasteiger partial charge in [0.1, 0.15) is 11.8 Å². The summed E-state index contributed by atoms with van der Waals surface area (Å²) in [6.45, 7) is 5.99. The van der Waals surface area contributed by atoms with Gasteiger partial charge in [0.15, 0.2) is 0 Å². The molecule has 1 unspecified atom stereocenters. The summed E-state index contributed by atoms with van der Waals surface area (Å²) in [5, 5.41) is 5.15. The molecule has 2 N–H and O–H groups in total. The lowest BCUT2D eigenvalue weighted by Gasteiger charge is -2.30. The Morgan fingerprint density at radius 1 is 1.09 bits per heavy atom. The van der Waals surface area contributed by atoms with Crippen LogP contribution in [0, 0.1) is 5.41 Å². The molecule has 1 aliphatic rings. The number of amides is 3. The first-order chi connectivity index (χ1) is 16.3. The molecule has 0 radical (unpaired) electrons. The molecule has 1 fully saturated rings. The topological polar surface area (TPSA) is 127 Å². The number of carbonyl (C=O) groups is 3. The van der Waals surface area contributed by atoms with Gasteiger partial charge in [0.25, 0.3) is 5.91 Å². The fourth-order valence-corrected chi connectivity index (χ4v) is 4.48. The fraction of sp³-hybridized carbons (Fsp3) is 0.400. The highest BCUT2D eigenvalue weighted by molar-refractivity contribution is 7.89. The van der Waals surface area contributed by atoms with E-state index in [1.165, 1.54) is 24.1 Å². The number of anilines is 1. The molecule has 0 aliphatic carbocycles. The van der Waals surface area contributed by atoms with Crippen LogP contribution in [0.1, 0.15) is 39.2 Å². The van der Waals surface area contributed by atoms with Crippen molar-refractivity contribution in [3.8, 4) is 5.75 Å². The molecule has 3 rings (SSSR count). The Balaban J connectivity index is 1.84. The average molecular weight is 502 g/mol. The summed E-state index contributed by atoms with van der Waals surface area (Å²) in [4.78, 5) is 42.0. The van der Waals surface area contributed by atoms with E-state index in [0.717, 1.165) is 10.5 Å². The smallest absolute Gasteiger partial charge is 0.257 e. The van der Waals surface area contributed by atoms with Crippen LogP contribution in [0.2, 0.25) is 0 Å². The molecule has 0 aromatic heterocycles. The second-order valence-electron chi connectivity index (χ2n) is 9.75. The van der Waals surface area contributed by atoms with Crippen molar-refractivity contribution in [2.24, 2.45) is 10.6 Å². The summed E-state index contributed by atoms with van der Waals surface area (Å²) in [7, 11) is -2.28. The molecule has 3 amide bonds. The summed E-state index contributed by atoms with van der Waals surface area (Å²) in [6.07, 6.45) is 0.476. The van der Waals surface area contributed by atoms with E-state index in [1.54, 1.807) is 36.4 Å². The van der Waals surface area contributed by atoms with Gasteiger partial charge < -0.3 is 9.64 Å². The Morgan fingerprint density at radius 2 is 1.69 bits per heavy atom. The van der Waals surface area contributed by atoms with Gasteiger partial charge >= 0.3 is 0 Å². The van der Waals surface area contributed by atoms with Crippen molar-refractivity contribution < 1.29 is 27.5 Å². The maximum Gasteiger partial charge on any atom is 0.257 e. The van der Waals surface area contributed by atoms with Gasteiger partial charge in [0, 0.05) is 13.0 Å². The van der Waals surface area contributed by atoms with Gasteiger partial charge in [-0.15, -0.1) is 0 Å². The van der Waals surface area contributed by atoms with Gasteiger partial charge in [0.2, 0.25) is 21.8 Å². The Kier molecular flexibility index (Phi) is 7.66. The first-order valence-electron chi connectivity index (χ1n) is 11.2. The third-order valence-electron chi connectivity index (χ3n) is 5.72. The van der Waals surface area contributed by atoms with Gasteiger partial charge in [0.05, 0.1) is 24.1 Å². The number of imide groups is 1. The number of sulfonamides is 1. The number of hydrogen-bond acceptors (Lipinski definition) is 6. The molecule has 2 aromatic rings. The largest absolute Gasteiger partial charge is 0.497 e. The highest BCUT2D eigenvalue weighted by Crippen LogP contribution is 2.29. The first-order valence-corrected chi connectivity index (χ1v) is 12.8. The average Bonchev–Trinajstić information content (AvgIpc) is 3.06. The van der Waals surface area contributed by atoms with Crippen LogP contribution in [0.15, 0.2) is 53.4 Å². The quantitative estimate of drug-likeness (QED) is 0.554. The Bertz CT molecular complexity index is 1200. The number of nitrogens with two attached hydrogens (primary N) is 1. The van der Waals surface area contributed by atoms with Crippen molar-refractivity contribution in [3.63, 3.8) is 0 Å². The lowest BCUT2D eigenvalue weighted by Crippen LogP contribution is -2.47. The van der Waals surface area contributed by atoms with Crippen LogP contribution in [0.25, 0.3) is 0 Å². The van der Waals surface area contributed by atoms with Crippen LogP contribution in [0.4, 0.5) is 5.69 Å². The molecule has 10 heteroatoms. The zero-order valence-electron chi connectivity index (χ0n) is 20.4. The Morgan fingerprint density at radius 3 is 2.20 bits per heavy atom. The SMILES string of the molecule is COc1ccc(N2C(=O)CC(N(CCc3ccc(S(N)(=O)=O)cc3)C(=O)CC(C)(C)C)C2=O)cc1. The van der Waals surface area contributed by atoms with E-state index in [-0.39, 0.29) is 41.5 Å². The molecule has 1 aliphatic heterocycles. The summed E-state index contributed by atoms with van der Waals surface area (Å²) in [5.74, 6) is -0.454. The lowest BCUT2D eigenvalue weighted by molar-refractivity contribution is -0.139. The van der Waals surface area contributed by atoms with Crippen LogP contribution >= 0.6 is 0 Å². The van der Waals surface area contributed by atoms with Crippen LogP contribution in [-0.2, 0) is 30.8 Å². The van der Waals surface area contributed by atoms with Crippen molar-refractivity contribution in [2.75, 3.05) is 18.6 Å². The normalized spacial score (nSPS) is 16.5. The van der Waals surface area contributed by atoms with E-state index in [2.05, 4.69) is 0 Å². The van der Waals surface area contributed by atoms with Gasteiger partial charge in [-0.25, -0.2) is 18.5 Å². The summed E-state index contributed by atoms with van der Waals surface area (Å²) >= 11 is 0. The van der Waals surface area contributed by atoms with E-state index in [0.29, 0.717) is 17.9 Å². The van der Waals surface area contributed by atoms with Crippen LogP contribution < -0.4 is 14.8 Å². The zero-order valence-corrected chi connectivity index (χ0v) is 21.2. The van der Waals surface area contributed by atoms with Crippen molar-refractivity contribution in [1.82, 2.24) is 4.90 Å². The lowest BCUT2D eigenvalue weighted by atomic mass is 9.91. The predicted octanol–water partition coefficient (Wildman–Crippen LogP) is 2.48. The highest BCUT2D eigenvalue weighted by Gasteiger charge is 2.44. The molecule has 188 valence electrons. The molecule has 0 saturated carbocycles. The van der Waals surface area contributed by atoms with Crippen molar-refractivity contribution in [3.05, 3.63) is 54.1 Å². The Hall–Kier alpha value is -3.24. The minimum atomic E-state index is -3.81. The standard InChI is InChI=1S/C25H31N3O6S/c1-25(2,3)16-23(30)27(14-13-17-5-11-20(12-6-17)35(26,32)33)21-15-22(29)28(24(21)31)18-7-9-19(34-4)10-8-18/h5-12,21H,13-16H2,1-4H3,(H2,26,32,33). The number of rotatable bonds is 8. The summed E-state index contributed by atoms with van der Waals surface area (Å²) < 4.78 is 28.1. The second-order valence-corrected chi connectivity index (χ2v) is 11.3. The number of benzene rings is 2. The zero-order chi connectivity index (χ0) is 26.0. The van der Waals surface area contributed by atoms with Crippen molar-refractivity contribution in [2.45, 2.75) is 51.0 Å². The van der Waals surface area contributed by atoms with Gasteiger partial charge in [-0.1, -0.05) is 32.9 Å². The van der Waals surface area contributed by atoms with E-state index in [9.17, 15) is 22.8 Å². The molecular formula is C25H31N3O6S. The third-order valence-corrected chi connectivity index (χ3v) is 6.65. The van der Waals surface area contributed by atoms with Crippen LogP contribution in [-0.4, -0.2) is 50.7 Å². The molecule has 1 atom stereocenters. The van der Waals surface area contributed by atoms with E-state index < -0.39 is 22.0 Å². The number of primary sulfonamides is 1. The number of hydrogen-bond donors (Lipinski definition) is 1. The van der Waals surface area contributed by atoms with Crippen molar-refractivity contribution in [1.29, 1.82) is 0 Å². The maximum atomic E-state index is 13.3. The maximum absolute atomic E-state index is 13.3. The van der Waals surface area contributed by atoms with E-state index >= 15 is 0 Å². The second kappa shape index (κ2) is 10.2. The molecule has 1 heterocycles. The van der Waals surface area contributed by atoms with E-state index in [1.807, 2.05) is 20.8 Å². The molecule has 2 aromatic carbocycles. The number of carbonyl (C=O) groups excluding carboxylic acids is 3. The predicted molar refractivity (Wildman–Crippen MR) is 131 cm³/mol. The first kappa shape index (κ1) is 26.4.